The Bertz CT molecular complexity index is 948. The van der Waals surface area contributed by atoms with Crippen molar-refractivity contribution in [2.45, 2.75) is 26.9 Å². The molecule has 0 N–H and O–H groups in total. The van der Waals surface area contributed by atoms with Gasteiger partial charge in [-0.05, 0) is 31.5 Å². The zero-order valence-electron chi connectivity index (χ0n) is 14.5. The summed E-state index contributed by atoms with van der Waals surface area (Å²) < 4.78 is 1.39. The summed E-state index contributed by atoms with van der Waals surface area (Å²) in [5, 5.41) is 0.543. The molecule has 3 rings (SSSR count). The fraction of sp³-hybridized carbons (Fsp3) is 0.250. The van der Waals surface area contributed by atoms with Crippen LogP contribution >= 0.6 is 0 Å². The van der Waals surface area contributed by atoms with Crippen LogP contribution in [0, 0.1) is 6.92 Å². The van der Waals surface area contributed by atoms with Crippen molar-refractivity contribution < 1.29 is 4.79 Å². The smallest absolute Gasteiger partial charge is 0.261 e. The lowest BCUT2D eigenvalue weighted by molar-refractivity contribution is -0.132. The van der Waals surface area contributed by atoms with Crippen molar-refractivity contribution in [1.29, 1.82) is 0 Å². The lowest BCUT2D eigenvalue weighted by atomic mass is 10.2. The number of aromatic nitrogens is 2. The fourth-order valence-electron chi connectivity index (χ4n) is 2.81. The molecular formula is C20H21N3O2. The molecule has 0 saturated heterocycles. The first kappa shape index (κ1) is 16.9. The molecule has 0 unspecified atom stereocenters. The van der Waals surface area contributed by atoms with E-state index in [1.165, 1.54) is 10.9 Å². The van der Waals surface area contributed by atoms with Gasteiger partial charge in [0.25, 0.3) is 5.56 Å². The summed E-state index contributed by atoms with van der Waals surface area (Å²) in [7, 11) is 0. The number of benzene rings is 2. The third-order valence-electron chi connectivity index (χ3n) is 4.24. The first-order valence-electron chi connectivity index (χ1n) is 8.36. The number of aryl methyl sites for hydroxylation is 1. The highest BCUT2D eigenvalue weighted by Gasteiger charge is 2.14. The minimum absolute atomic E-state index is 0.00358. The standard InChI is InChI=1S/C20H21N3O2/c1-3-22(12-16-7-5-4-6-8-16)19(24)13-23-14-21-18-10-9-15(2)11-17(18)20(23)25/h4-11,14H,3,12-13H2,1-2H3. The van der Waals surface area contributed by atoms with E-state index < -0.39 is 0 Å². The second-order valence-electron chi connectivity index (χ2n) is 6.09. The fourth-order valence-corrected chi connectivity index (χ4v) is 2.81. The van der Waals surface area contributed by atoms with Crippen LogP contribution in [0.3, 0.4) is 0 Å². The van der Waals surface area contributed by atoms with E-state index in [9.17, 15) is 9.59 Å². The van der Waals surface area contributed by atoms with E-state index in [2.05, 4.69) is 4.98 Å². The van der Waals surface area contributed by atoms with Gasteiger partial charge in [-0.15, -0.1) is 0 Å². The first-order valence-corrected chi connectivity index (χ1v) is 8.36. The summed E-state index contributed by atoms with van der Waals surface area (Å²) in [6, 6.07) is 15.4. The van der Waals surface area contributed by atoms with Crippen molar-refractivity contribution in [1.82, 2.24) is 14.5 Å². The quantitative estimate of drug-likeness (QED) is 0.720. The van der Waals surface area contributed by atoms with Gasteiger partial charge >= 0.3 is 0 Å². The summed E-state index contributed by atoms with van der Waals surface area (Å²) in [5.74, 6) is -0.0951. The molecule has 128 valence electrons. The molecule has 0 aliphatic carbocycles. The predicted molar refractivity (Wildman–Crippen MR) is 98.3 cm³/mol. The zero-order chi connectivity index (χ0) is 17.8. The van der Waals surface area contributed by atoms with Gasteiger partial charge in [0.05, 0.1) is 17.2 Å². The van der Waals surface area contributed by atoms with Gasteiger partial charge in [-0.2, -0.15) is 0 Å². The van der Waals surface area contributed by atoms with Gasteiger partial charge < -0.3 is 4.90 Å². The van der Waals surface area contributed by atoms with Crippen LogP contribution in [0.2, 0.25) is 0 Å². The molecule has 25 heavy (non-hydrogen) atoms. The maximum absolute atomic E-state index is 12.6. The van der Waals surface area contributed by atoms with E-state index >= 15 is 0 Å². The van der Waals surface area contributed by atoms with Crippen molar-refractivity contribution in [3.8, 4) is 0 Å². The van der Waals surface area contributed by atoms with Gasteiger partial charge in [-0.1, -0.05) is 42.0 Å². The van der Waals surface area contributed by atoms with Crippen LogP contribution in [0.1, 0.15) is 18.1 Å². The molecule has 2 aromatic carbocycles. The molecular weight excluding hydrogens is 314 g/mol. The van der Waals surface area contributed by atoms with Gasteiger partial charge in [-0.3, -0.25) is 14.2 Å². The van der Waals surface area contributed by atoms with E-state index in [1.807, 2.05) is 62.4 Å². The van der Waals surface area contributed by atoms with E-state index in [0.717, 1.165) is 11.1 Å². The molecule has 5 nitrogen and oxygen atoms in total. The Balaban J connectivity index is 1.83. The van der Waals surface area contributed by atoms with Crippen molar-refractivity contribution in [3.05, 3.63) is 76.3 Å². The molecule has 0 saturated carbocycles. The number of nitrogens with zero attached hydrogens (tertiary/aromatic N) is 3. The number of hydrogen-bond acceptors (Lipinski definition) is 3. The molecule has 1 heterocycles. The molecule has 1 amide bonds. The molecule has 0 radical (unpaired) electrons. The highest BCUT2D eigenvalue weighted by atomic mass is 16.2. The van der Waals surface area contributed by atoms with Crippen LogP contribution in [-0.2, 0) is 17.9 Å². The first-order chi connectivity index (χ1) is 12.1. The molecule has 0 fully saturated rings. The third-order valence-corrected chi connectivity index (χ3v) is 4.24. The van der Waals surface area contributed by atoms with Gasteiger partial charge in [0.1, 0.15) is 6.54 Å². The average Bonchev–Trinajstić information content (AvgIpc) is 2.63. The molecule has 5 heteroatoms. The van der Waals surface area contributed by atoms with Gasteiger partial charge in [0, 0.05) is 13.1 Å². The summed E-state index contributed by atoms with van der Waals surface area (Å²) >= 11 is 0. The highest BCUT2D eigenvalue weighted by Crippen LogP contribution is 2.09. The van der Waals surface area contributed by atoms with Crippen molar-refractivity contribution >= 4 is 16.8 Å². The normalized spacial score (nSPS) is 10.8. The summed E-state index contributed by atoms with van der Waals surface area (Å²) in [6.07, 6.45) is 1.45. The number of carbonyl (C=O) groups excluding carboxylic acids is 1. The third kappa shape index (κ3) is 3.76. The van der Waals surface area contributed by atoms with Crippen molar-refractivity contribution in [2.24, 2.45) is 0 Å². The Morgan fingerprint density at radius 1 is 1.16 bits per heavy atom. The van der Waals surface area contributed by atoms with E-state index in [0.29, 0.717) is 24.0 Å². The molecule has 3 aromatic rings. The Kier molecular flexibility index (Phi) is 4.93. The summed E-state index contributed by atoms with van der Waals surface area (Å²) in [6.45, 7) is 4.98. The number of rotatable bonds is 5. The Morgan fingerprint density at radius 2 is 1.92 bits per heavy atom. The largest absolute Gasteiger partial charge is 0.337 e. The van der Waals surface area contributed by atoms with Crippen LogP contribution < -0.4 is 5.56 Å². The Hall–Kier alpha value is -2.95. The van der Waals surface area contributed by atoms with Crippen molar-refractivity contribution in [2.75, 3.05) is 6.54 Å². The minimum atomic E-state index is -0.183. The lowest BCUT2D eigenvalue weighted by Gasteiger charge is -2.21. The molecule has 0 bridgehead atoms. The van der Waals surface area contributed by atoms with Gasteiger partial charge in [-0.25, -0.2) is 4.98 Å². The topological polar surface area (TPSA) is 55.2 Å². The SMILES string of the molecule is CCN(Cc1ccccc1)C(=O)Cn1cnc2ccc(C)cc2c1=O. The van der Waals surface area contributed by atoms with E-state index in [-0.39, 0.29) is 18.0 Å². The van der Waals surface area contributed by atoms with Crippen LogP contribution in [0.4, 0.5) is 0 Å². The Labute approximate surface area is 146 Å². The van der Waals surface area contributed by atoms with Crippen LogP contribution in [0.15, 0.2) is 59.7 Å². The maximum atomic E-state index is 12.6. The number of likely N-dealkylation sites (N-methyl/N-ethyl adjacent to an activating group) is 1. The Morgan fingerprint density at radius 3 is 2.64 bits per heavy atom. The second kappa shape index (κ2) is 7.30. The van der Waals surface area contributed by atoms with Crippen LogP contribution in [-0.4, -0.2) is 26.9 Å². The lowest BCUT2D eigenvalue weighted by Crippen LogP contribution is -2.36. The number of carbonyl (C=O) groups is 1. The summed E-state index contributed by atoms with van der Waals surface area (Å²) in [5.41, 5.74) is 2.53. The van der Waals surface area contributed by atoms with E-state index in [4.69, 9.17) is 0 Å². The maximum Gasteiger partial charge on any atom is 0.261 e. The molecule has 0 aliphatic heterocycles. The molecule has 0 atom stereocenters. The number of hydrogen-bond donors (Lipinski definition) is 0. The van der Waals surface area contributed by atoms with Crippen LogP contribution in [0.5, 0.6) is 0 Å². The van der Waals surface area contributed by atoms with E-state index in [1.54, 1.807) is 4.90 Å². The predicted octanol–water partition coefficient (Wildman–Crippen LogP) is 2.75. The summed E-state index contributed by atoms with van der Waals surface area (Å²) in [4.78, 5) is 31.3. The van der Waals surface area contributed by atoms with Crippen LogP contribution in [0.25, 0.3) is 10.9 Å². The highest BCUT2D eigenvalue weighted by molar-refractivity contribution is 5.79. The zero-order valence-corrected chi connectivity index (χ0v) is 14.5. The second-order valence-corrected chi connectivity index (χ2v) is 6.09. The van der Waals surface area contributed by atoms with Gasteiger partial charge in [0.2, 0.25) is 5.91 Å². The number of amides is 1. The molecule has 0 spiro atoms. The van der Waals surface area contributed by atoms with Crippen molar-refractivity contribution in [3.63, 3.8) is 0 Å². The molecule has 0 aliphatic rings. The number of fused-ring (bicyclic) bond motifs is 1. The van der Waals surface area contributed by atoms with Gasteiger partial charge in [0.15, 0.2) is 0 Å². The minimum Gasteiger partial charge on any atom is -0.337 e. The average molecular weight is 335 g/mol. The monoisotopic (exact) mass is 335 g/mol. The molecule has 1 aromatic heterocycles.